The standard InChI is InChI=1S/C25H25N7OS/c1-16(2)32-24-21(13-27-32)20(12-22(29-24)23-6-5-11-34-23)25(33)30(4)17(3)18-7-9-19(10-8-18)31-15-26-14-28-31/h5-17H,1-4H3/t17-/m0/s1. The molecule has 5 rings (SSSR count). The predicted molar refractivity (Wildman–Crippen MR) is 133 cm³/mol. The van der Waals surface area contributed by atoms with Gasteiger partial charge >= 0.3 is 0 Å². The zero-order valence-electron chi connectivity index (χ0n) is 19.5. The lowest BCUT2D eigenvalue weighted by Gasteiger charge is -2.26. The van der Waals surface area contributed by atoms with Crippen molar-refractivity contribution in [3.63, 3.8) is 0 Å². The Hall–Kier alpha value is -3.85. The van der Waals surface area contributed by atoms with Gasteiger partial charge in [0.15, 0.2) is 5.65 Å². The fourth-order valence-electron chi connectivity index (χ4n) is 3.96. The fraction of sp³-hybridized carbons (Fsp3) is 0.240. The number of aromatic nitrogens is 6. The lowest BCUT2D eigenvalue weighted by Crippen LogP contribution is -2.30. The van der Waals surface area contributed by atoms with Crippen LogP contribution in [0.15, 0.2) is 66.7 Å². The van der Waals surface area contributed by atoms with Gasteiger partial charge in [-0.1, -0.05) is 18.2 Å². The van der Waals surface area contributed by atoms with E-state index in [0.717, 1.165) is 32.9 Å². The lowest BCUT2D eigenvalue weighted by atomic mass is 10.0. The number of fused-ring (bicyclic) bond motifs is 1. The van der Waals surface area contributed by atoms with Crippen LogP contribution in [-0.2, 0) is 0 Å². The van der Waals surface area contributed by atoms with Crippen LogP contribution >= 0.6 is 11.3 Å². The van der Waals surface area contributed by atoms with Crippen LogP contribution in [0.5, 0.6) is 0 Å². The molecule has 8 nitrogen and oxygen atoms in total. The average Bonchev–Trinajstić information content (AvgIpc) is 3.63. The molecule has 1 amide bonds. The average molecular weight is 472 g/mol. The molecule has 5 aromatic rings. The van der Waals surface area contributed by atoms with Crippen molar-refractivity contribution < 1.29 is 4.79 Å². The van der Waals surface area contributed by atoms with Crippen molar-refractivity contribution in [2.24, 2.45) is 0 Å². The molecule has 1 atom stereocenters. The van der Waals surface area contributed by atoms with Crippen LogP contribution in [0, 0.1) is 0 Å². The second-order valence-electron chi connectivity index (χ2n) is 8.48. The van der Waals surface area contributed by atoms with E-state index in [2.05, 4.69) is 29.0 Å². The fourth-order valence-corrected chi connectivity index (χ4v) is 4.65. The van der Waals surface area contributed by atoms with E-state index in [1.165, 1.54) is 6.33 Å². The minimum absolute atomic E-state index is 0.0682. The summed E-state index contributed by atoms with van der Waals surface area (Å²) in [5.74, 6) is -0.0682. The Balaban J connectivity index is 1.50. The molecule has 0 saturated heterocycles. The Morgan fingerprint density at radius 3 is 2.53 bits per heavy atom. The van der Waals surface area contributed by atoms with E-state index in [4.69, 9.17) is 4.98 Å². The molecule has 4 aromatic heterocycles. The van der Waals surface area contributed by atoms with E-state index in [0.29, 0.717) is 5.56 Å². The Kier molecular flexibility index (Phi) is 5.70. The van der Waals surface area contributed by atoms with Gasteiger partial charge in [0, 0.05) is 13.1 Å². The number of carbonyl (C=O) groups excluding carboxylic acids is 1. The summed E-state index contributed by atoms with van der Waals surface area (Å²) < 4.78 is 3.57. The zero-order valence-corrected chi connectivity index (χ0v) is 20.3. The quantitative estimate of drug-likeness (QED) is 0.342. The molecule has 4 heterocycles. The van der Waals surface area contributed by atoms with Crippen molar-refractivity contribution >= 4 is 28.3 Å². The molecule has 0 unspecified atom stereocenters. The molecule has 0 aliphatic carbocycles. The van der Waals surface area contributed by atoms with Gasteiger partial charge < -0.3 is 4.90 Å². The topological polar surface area (TPSA) is 81.7 Å². The summed E-state index contributed by atoms with van der Waals surface area (Å²) in [7, 11) is 1.84. The van der Waals surface area contributed by atoms with E-state index in [9.17, 15) is 4.79 Å². The molecular weight excluding hydrogens is 446 g/mol. The van der Waals surface area contributed by atoms with Gasteiger partial charge in [0.25, 0.3) is 5.91 Å². The molecule has 0 spiro atoms. The summed E-state index contributed by atoms with van der Waals surface area (Å²) in [6.07, 6.45) is 4.91. The van der Waals surface area contributed by atoms with Gasteiger partial charge in [-0.2, -0.15) is 10.2 Å². The second-order valence-corrected chi connectivity index (χ2v) is 9.42. The van der Waals surface area contributed by atoms with E-state index < -0.39 is 0 Å². The largest absolute Gasteiger partial charge is 0.335 e. The number of pyridine rings is 1. The van der Waals surface area contributed by atoms with Gasteiger partial charge in [-0.15, -0.1) is 11.3 Å². The molecule has 0 fully saturated rings. The van der Waals surface area contributed by atoms with Gasteiger partial charge in [-0.3, -0.25) is 4.79 Å². The summed E-state index contributed by atoms with van der Waals surface area (Å²) in [6.45, 7) is 6.15. The first kappa shape index (κ1) is 22.0. The smallest absolute Gasteiger partial charge is 0.254 e. The van der Waals surface area contributed by atoms with E-state index in [-0.39, 0.29) is 18.0 Å². The zero-order chi connectivity index (χ0) is 23.8. The minimum Gasteiger partial charge on any atom is -0.335 e. The van der Waals surface area contributed by atoms with Crippen molar-refractivity contribution in [3.05, 3.63) is 77.8 Å². The Labute approximate surface area is 201 Å². The van der Waals surface area contributed by atoms with Gasteiger partial charge in [0.05, 0.1) is 39.4 Å². The monoisotopic (exact) mass is 471 g/mol. The number of carbonyl (C=O) groups is 1. The number of hydrogen-bond acceptors (Lipinski definition) is 6. The molecule has 1 aromatic carbocycles. The number of nitrogens with zero attached hydrogens (tertiary/aromatic N) is 7. The second kappa shape index (κ2) is 8.83. The Bertz CT molecular complexity index is 1420. The maximum Gasteiger partial charge on any atom is 0.254 e. The van der Waals surface area contributed by atoms with Crippen LogP contribution in [0.25, 0.3) is 27.3 Å². The molecule has 172 valence electrons. The van der Waals surface area contributed by atoms with Crippen LogP contribution in [0.1, 0.15) is 48.8 Å². The SMILES string of the molecule is CC(C)n1ncc2c(C(=O)N(C)[C@@H](C)c3ccc(-n4cncn4)cc3)cc(-c3cccs3)nc21. The first-order valence-corrected chi connectivity index (χ1v) is 12.0. The minimum atomic E-state index is -0.133. The van der Waals surface area contributed by atoms with Crippen molar-refractivity contribution in [3.8, 4) is 16.3 Å². The third-order valence-corrected chi connectivity index (χ3v) is 6.91. The molecule has 0 N–H and O–H groups in total. The van der Waals surface area contributed by atoms with Crippen molar-refractivity contribution in [1.29, 1.82) is 0 Å². The van der Waals surface area contributed by atoms with Crippen LogP contribution in [0.3, 0.4) is 0 Å². The number of benzene rings is 1. The maximum atomic E-state index is 13.8. The molecular formula is C25H25N7OS. The maximum absolute atomic E-state index is 13.8. The highest BCUT2D eigenvalue weighted by Crippen LogP contribution is 2.31. The van der Waals surface area contributed by atoms with Crippen molar-refractivity contribution in [2.75, 3.05) is 7.05 Å². The Morgan fingerprint density at radius 2 is 1.88 bits per heavy atom. The summed E-state index contributed by atoms with van der Waals surface area (Å²) in [5, 5.41) is 11.5. The molecule has 9 heteroatoms. The summed E-state index contributed by atoms with van der Waals surface area (Å²) >= 11 is 1.60. The summed E-state index contributed by atoms with van der Waals surface area (Å²) in [6, 6.07) is 13.9. The highest BCUT2D eigenvalue weighted by atomic mass is 32.1. The number of hydrogen-bond donors (Lipinski definition) is 0. The highest BCUT2D eigenvalue weighted by Gasteiger charge is 2.24. The summed E-state index contributed by atoms with van der Waals surface area (Å²) in [4.78, 5) is 25.4. The van der Waals surface area contributed by atoms with Crippen LogP contribution in [0.4, 0.5) is 0 Å². The third-order valence-electron chi connectivity index (χ3n) is 6.02. The van der Waals surface area contributed by atoms with Crippen LogP contribution in [0.2, 0.25) is 0 Å². The van der Waals surface area contributed by atoms with E-state index in [1.54, 1.807) is 33.4 Å². The van der Waals surface area contributed by atoms with Crippen LogP contribution < -0.4 is 0 Å². The number of amides is 1. The van der Waals surface area contributed by atoms with E-state index in [1.807, 2.05) is 66.5 Å². The Morgan fingerprint density at radius 1 is 1.09 bits per heavy atom. The number of thiophene rings is 1. The van der Waals surface area contributed by atoms with Gasteiger partial charge in [0.2, 0.25) is 0 Å². The van der Waals surface area contributed by atoms with Crippen LogP contribution in [-0.4, -0.2) is 47.4 Å². The number of rotatable bonds is 6. The van der Waals surface area contributed by atoms with Crippen molar-refractivity contribution in [2.45, 2.75) is 32.9 Å². The van der Waals surface area contributed by atoms with Gasteiger partial charge in [0.1, 0.15) is 12.7 Å². The third kappa shape index (κ3) is 3.88. The normalized spacial score (nSPS) is 12.4. The molecule has 0 saturated carbocycles. The van der Waals surface area contributed by atoms with E-state index >= 15 is 0 Å². The first-order valence-electron chi connectivity index (χ1n) is 11.1. The molecule has 0 aliphatic rings. The van der Waals surface area contributed by atoms with Gasteiger partial charge in [-0.25, -0.2) is 19.3 Å². The molecule has 0 aliphatic heterocycles. The molecule has 0 bridgehead atoms. The predicted octanol–water partition coefficient (Wildman–Crippen LogP) is 5.15. The van der Waals surface area contributed by atoms with Gasteiger partial charge in [-0.05, 0) is 56.0 Å². The lowest BCUT2D eigenvalue weighted by molar-refractivity contribution is 0.0744. The van der Waals surface area contributed by atoms with Crippen molar-refractivity contribution in [1.82, 2.24) is 34.4 Å². The summed E-state index contributed by atoms with van der Waals surface area (Å²) in [5.41, 5.74) is 4.06. The molecule has 34 heavy (non-hydrogen) atoms. The molecule has 0 radical (unpaired) electrons. The highest BCUT2D eigenvalue weighted by molar-refractivity contribution is 7.13. The first-order chi connectivity index (χ1) is 16.4.